The molecule has 0 radical (unpaired) electrons. The first-order valence-electron chi connectivity index (χ1n) is 6.86. The van der Waals surface area contributed by atoms with Crippen molar-refractivity contribution < 1.29 is 23.0 Å². The van der Waals surface area contributed by atoms with Crippen LogP contribution >= 0.6 is 0 Å². The second-order valence-electron chi connectivity index (χ2n) is 4.80. The number of aliphatic hydroxyl groups is 1. The van der Waals surface area contributed by atoms with Crippen molar-refractivity contribution >= 4 is 11.4 Å². The van der Waals surface area contributed by atoms with Crippen molar-refractivity contribution in [2.24, 2.45) is 5.10 Å². The molecule has 1 atom stereocenters. The van der Waals surface area contributed by atoms with Crippen LogP contribution in [0.3, 0.4) is 0 Å². The van der Waals surface area contributed by atoms with E-state index in [4.69, 9.17) is 15.1 Å². The Kier molecular flexibility index (Phi) is 5.41. The maximum Gasteiger partial charge on any atom is 0.418 e. The number of hydrazone groups is 1. The molecule has 0 aromatic heterocycles. The third-order valence-corrected chi connectivity index (χ3v) is 3.13. The van der Waals surface area contributed by atoms with Crippen LogP contribution < -0.4 is 10.7 Å². The molecule has 0 spiro atoms. The SMILES string of the molecule is N#CCCCNc1ccc(C2=NNC(O)OC2)cc1C(F)(F)F. The summed E-state index contributed by atoms with van der Waals surface area (Å²) < 4.78 is 44.5. The van der Waals surface area contributed by atoms with Gasteiger partial charge < -0.3 is 15.2 Å². The van der Waals surface area contributed by atoms with Gasteiger partial charge in [-0.3, -0.25) is 5.43 Å². The number of ether oxygens (including phenoxy) is 1. The van der Waals surface area contributed by atoms with Crippen LogP contribution in [0.4, 0.5) is 18.9 Å². The maximum atomic E-state index is 13.2. The van der Waals surface area contributed by atoms with Crippen LogP contribution in [0, 0.1) is 11.3 Å². The summed E-state index contributed by atoms with van der Waals surface area (Å²) in [5, 5.41) is 24.0. The zero-order valence-electron chi connectivity index (χ0n) is 12.0. The molecule has 9 heteroatoms. The number of anilines is 1. The minimum atomic E-state index is -4.53. The maximum absolute atomic E-state index is 13.2. The van der Waals surface area contributed by atoms with Gasteiger partial charge in [-0.15, -0.1) is 0 Å². The average Bonchev–Trinajstić information content (AvgIpc) is 2.51. The van der Waals surface area contributed by atoms with Crippen molar-refractivity contribution in [3.05, 3.63) is 29.3 Å². The molecule has 1 aromatic rings. The van der Waals surface area contributed by atoms with Crippen molar-refractivity contribution in [3.8, 4) is 6.07 Å². The van der Waals surface area contributed by atoms with E-state index in [0.717, 1.165) is 6.07 Å². The van der Waals surface area contributed by atoms with Crippen molar-refractivity contribution in [1.82, 2.24) is 5.43 Å². The molecule has 124 valence electrons. The second-order valence-corrected chi connectivity index (χ2v) is 4.80. The van der Waals surface area contributed by atoms with E-state index in [9.17, 15) is 13.2 Å². The van der Waals surface area contributed by atoms with E-state index < -0.39 is 18.2 Å². The van der Waals surface area contributed by atoms with Crippen LogP contribution in [-0.4, -0.2) is 30.4 Å². The topological polar surface area (TPSA) is 89.7 Å². The Morgan fingerprint density at radius 1 is 1.48 bits per heavy atom. The first kappa shape index (κ1) is 17.1. The molecule has 1 aromatic carbocycles. The average molecular weight is 328 g/mol. The van der Waals surface area contributed by atoms with Crippen LogP contribution in [-0.2, 0) is 10.9 Å². The standard InChI is InChI=1S/C14H15F3N4O2/c15-14(16,17)10-7-9(12-8-23-13(22)21-20-12)3-4-11(10)19-6-2-1-5-18/h3-4,7,13,19,21-22H,1-2,6,8H2. The van der Waals surface area contributed by atoms with Gasteiger partial charge in [0.25, 0.3) is 6.41 Å². The minimum Gasteiger partial charge on any atom is -0.385 e. The van der Waals surface area contributed by atoms with Gasteiger partial charge >= 0.3 is 6.18 Å². The molecule has 23 heavy (non-hydrogen) atoms. The first-order valence-corrected chi connectivity index (χ1v) is 6.86. The number of alkyl halides is 3. The number of aliphatic hydroxyl groups excluding tert-OH is 1. The fourth-order valence-electron chi connectivity index (χ4n) is 2.01. The van der Waals surface area contributed by atoms with Crippen molar-refractivity contribution in [1.29, 1.82) is 5.26 Å². The third kappa shape index (κ3) is 4.58. The highest BCUT2D eigenvalue weighted by Gasteiger charge is 2.34. The summed E-state index contributed by atoms with van der Waals surface area (Å²) in [5.74, 6) is 0. The van der Waals surface area contributed by atoms with Gasteiger partial charge in [-0.05, 0) is 18.6 Å². The Morgan fingerprint density at radius 2 is 2.26 bits per heavy atom. The lowest BCUT2D eigenvalue weighted by atomic mass is 10.0. The fourth-order valence-corrected chi connectivity index (χ4v) is 2.01. The second kappa shape index (κ2) is 7.30. The molecule has 0 saturated carbocycles. The molecule has 3 N–H and O–H groups in total. The molecule has 1 heterocycles. The zero-order valence-corrected chi connectivity index (χ0v) is 12.0. The Morgan fingerprint density at radius 3 is 2.87 bits per heavy atom. The van der Waals surface area contributed by atoms with Crippen molar-refractivity contribution in [2.75, 3.05) is 18.5 Å². The molecule has 2 rings (SSSR count). The molecule has 1 aliphatic heterocycles. The summed E-state index contributed by atoms with van der Waals surface area (Å²) in [4.78, 5) is 0. The van der Waals surface area contributed by atoms with Crippen LogP contribution in [0.15, 0.2) is 23.3 Å². The van der Waals surface area contributed by atoms with Crippen LogP contribution in [0.5, 0.6) is 0 Å². The van der Waals surface area contributed by atoms with Gasteiger partial charge in [0.1, 0.15) is 0 Å². The van der Waals surface area contributed by atoms with E-state index in [-0.39, 0.29) is 36.5 Å². The van der Waals surface area contributed by atoms with Gasteiger partial charge in [-0.2, -0.15) is 23.5 Å². The first-order chi connectivity index (χ1) is 10.9. The Labute approximate surface area is 130 Å². The van der Waals surface area contributed by atoms with Crippen LogP contribution in [0.1, 0.15) is 24.0 Å². The van der Waals surface area contributed by atoms with Gasteiger partial charge in [-0.1, -0.05) is 6.07 Å². The van der Waals surface area contributed by atoms with Gasteiger partial charge in [-0.25, -0.2) is 0 Å². The number of unbranched alkanes of at least 4 members (excludes halogenated alkanes) is 1. The number of benzene rings is 1. The number of hydrogen-bond donors (Lipinski definition) is 3. The molecule has 0 aliphatic carbocycles. The minimum absolute atomic E-state index is 0.0514. The number of halogens is 3. The lowest BCUT2D eigenvalue weighted by Crippen LogP contribution is -2.36. The summed E-state index contributed by atoms with van der Waals surface area (Å²) in [7, 11) is 0. The van der Waals surface area contributed by atoms with Gasteiger partial charge in [0, 0.05) is 24.2 Å². The Balaban J connectivity index is 2.23. The van der Waals surface area contributed by atoms with Crippen LogP contribution in [0.2, 0.25) is 0 Å². The largest absolute Gasteiger partial charge is 0.418 e. The zero-order chi connectivity index (χ0) is 16.9. The van der Waals surface area contributed by atoms with E-state index in [1.165, 1.54) is 12.1 Å². The Bertz CT molecular complexity index is 625. The molecule has 0 amide bonds. The predicted octanol–water partition coefficient (Wildman–Crippen LogP) is 2.02. The summed E-state index contributed by atoms with van der Waals surface area (Å²) in [6.45, 7) is 0.175. The summed E-state index contributed by atoms with van der Waals surface area (Å²) in [6.07, 6.45) is -5.06. The quantitative estimate of drug-likeness (QED) is 0.720. The highest BCUT2D eigenvalue weighted by atomic mass is 19.4. The fraction of sp³-hybridized carbons (Fsp3) is 0.429. The Hall–Kier alpha value is -2.31. The molecule has 1 unspecified atom stereocenters. The van der Waals surface area contributed by atoms with E-state index in [1.807, 2.05) is 6.07 Å². The van der Waals surface area contributed by atoms with Crippen molar-refractivity contribution in [3.63, 3.8) is 0 Å². The van der Waals surface area contributed by atoms with E-state index in [2.05, 4.69) is 15.8 Å². The predicted molar refractivity (Wildman–Crippen MR) is 76.4 cm³/mol. The molecule has 1 aliphatic rings. The van der Waals surface area contributed by atoms with E-state index >= 15 is 0 Å². The highest BCUT2D eigenvalue weighted by Crippen LogP contribution is 2.35. The van der Waals surface area contributed by atoms with E-state index in [0.29, 0.717) is 6.42 Å². The summed E-state index contributed by atoms with van der Waals surface area (Å²) in [5.41, 5.74) is 1.89. The molecule has 0 saturated heterocycles. The van der Waals surface area contributed by atoms with Crippen molar-refractivity contribution in [2.45, 2.75) is 25.4 Å². The normalized spacial score (nSPS) is 17.9. The molecule has 6 nitrogen and oxygen atoms in total. The number of nitrogens with zero attached hydrogens (tertiary/aromatic N) is 2. The molecule has 0 bridgehead atoms. The number of nitrogens with one attached hydrogen (secondary N) is 2. The molecular weight excluding hydrogens is 313 g/mol. The number of nitriles is 1. The smallest absolute Gasteiger partial charge is 0.385 e. The summed E-state index contributed by atoms with van der Waals surface area (Å²) >= 11 is 0. The van der Waals surface area contributed by atoms with Gasteiger partial charge in [0.05, 0.1) is 24.0 Å². The van der Waals surface area contributed by atoms with Crippen LogP contribution in [0.25, 0.3) is 0 Å². The third-order valence-electron chi connectivity index (χ3n) is 3.13. The lowest BCUT2D eigenvalue weighted by molar-refractivity contribution is -0.137. The lowest BCUT2D eigenvalue weighted by Gasteiger charge is -2.20. The molecular formula is C14H15F3N4O2. The number of rotatable bonds is 5. The number of hydrogen-bond acceptors (Lipinski definition) is 6. The van der Waals surface area contributed by atoms with Gasteiger partial charge in [0.15, 0.2) is 0 Å². The highest BCUT2D eigenvalue weighted by molar-refractivity contribution is 6.02. The van der Waals surface area contributed by atoms with Gasteiger partial charge in [0.2, 0.25) is 0 Å². The monoisotopic (exact) mass is 328 g/mol. The summed E-state index contributed by atoms with van der Waals surface area (Å²) in [6, 6.07) is 5.72. The molecule has 0 fully saturated rings. The van der Waals surface area contributed by atoms with E-state index in [1.54, 1.807) is 0 Å².